The first kappa shape index (κ1) is 21.4. The van der Waals surface area contributed by atoms with E-state index in [2.05, 4.69) is 113 Å². The van der Waals surface area contributed by atoms with Crippen LogP contribution >= 0.6 is 0 Å². The van der Waals surface area contributed by atoms with Crippen molar-refractivity contribution in [1.82, 2.24) is 9.55 Å². The highest BCUT2D eigenvalue weighted by molar-refractivity contribution is 6.77. The second-order valence-corrected chi connectivity index (χ2v) is 10.7. The minimum absolute atomic E-state index is 0.271. The van der Waals surface area contributed by atoms with Gasteiger partial charge in [0.1, 0.15) is 22.7 Å². The fourth-order valence-electron chi connectivity index (χ4n) is 6.84. The van der Waals surface area contributed by atoms with Crippen molar-refractivity contribution in [1.29, 1.82) is 0 Å². The van der Waals surface area contributed by atoms with E-state index in [4.69, 9.17) is 14.1 Å². The Bertz CT molecular complexity index is 2330. The lowest BCUT2D eigenvalue weighted by Gasteiger charge is -2.31. The summed E-state index contributed by atoms with van der Waals surface area (Å²) in [5.74, 6) is 1.71. The van der Waals surface area contributed by atoms with Gasteiger partial charge in [0, 0.05) is 33.2 Å². The van der Waals surface area contributed by atoms with Crippen molar-refractivity contribution in [2.75, 3.05) is 4.81 Å². The molecule has 2 aliphatic rings. The number of hydrogen-bond acceptors (Lipinski definition) is 4. The Hall–Kier alpha value is -5.49. The van der Waals surface area contributed by atoms with Crippen LogP contribution < -0.4 is 14.9 Å². The summed E-state index contributed by atoms with van der Waals surface area (Å²) >= 11 is 0. The van der Waals surface area contributed by atoms with Crippen molar-refractivity contribution in [2.24, 2.45) is 0 Å². The number of fused-ring (bicyclic) bond motifs is 14. The molecule has 5 nitrogen and oxygen atoms in total. The van der Waals surface area contributed by atoms with Crippen LogP contribution in [0.2, 0.25) is 0 Å². The van der Waals surface area contributed by atoms with Crippen LogP contribution in [0, 0.1) is 0 Å². The Balaban J connectivity index is 1.23. The Morgan fingerprint density at radius 1 is 0.585 bits per heavy atom. The molecule has 10 rings (SSSR count). The molecule has 41 heavy (non-hydrogen) atoms. The van der Waals surface area contributed by atoms with Crippen molar-refractivity contribution >= 4 is 67.6 Å². The van der Waals surface area contributed by atoms with Crippen LogP contribution in [0.5, 0.6) is 5.75 Å². The molecule has 5 heterocycles. The lowest BCUT2D eigenvalue weighted by atomic mass is 9.65. The van der Waals surface area contributed by atoms with E-state index in [-0.39, 0.29) is 7.05 Å². The second-order valence-electron chi connectivity index (χ2n) is 10.7. The smallest absolute Gasteiger partial charge is 0.525 e. The molecular weight excluding hydrogens is 505 g/mol. The zero-order chi connectivity index (χ0) is 26.7. The number of pyridine rings is 1. The molecule has 0 aliphatic carbocycles. The highest BCUT2D eigenvalue weighted by Crippen LogP contribution is 2.49. The summed E-state index contributed by atoms with van der Waals surface area (Å²) in [6.07, 6.45) is 0. The Morgan fingerprint density at radius 3 is 2.12 bits per heavy atom. The first-order valence-electron chi connectivity index (χ1n) is 13.8. The maximum Gasteiger partial charge on any atom is 0.525 e. The molecule has 0 saturated heterocycles. The summed E-state index contributed by atoms with van der Waals surface area (Å²) in [6.45, 7) is 0. The Kier molecular flexibility index (Phi) is 3.95. The van der Waals surface area contributed by atoms with Crippen LogP contribution in [0.25, 0.3) is 60.8 Å². The summed E-state index contributed by atoms with van der Waals surface area (Å²) in [4.78, 5) is 7.67. The predicted octanol–water partition coefficient (Wildman–Crippen LogP) is 7.98. The summed E-state index contributed by atoms with van der Waals surface area (Å²) in [5, 5.41) is 4.63. The number of para-hydroxylation sites is 3. The molecule has 0 bridgehead atoms. The maximum absolute atomic E-state index is 6.65. The Labute approximate surface area is 235 Å². The fourth-order valence-corrected chi connectivity index (χ4v) is 6.84. The van der Waals surface area contributed by atoms with Crippen molar-refractivity contribution in [3.05, 3.63) is 121 Å². The summed E-state index contributed by atoms with van der Waals surface area (Å²) in [5.41, 5.74) is 9.20. The Morgan fingerprint density at radius 2 is 1.29 bits per heavy atom. The number of anilines is 2. The number of aromatic nitrogens is 2. The molecule has 0 saturated carbocycles. The van der Waals surface area contributed by atoms with E-state index in [1.54, 1.807) is 0 Å². The standard InChI is InChI=1S/C35H20BN3O2/c1-5-13-26-24(12-1)35-29(17-18-34(37-35)38-27-14-6-2-9-21(27)22-10-3-7-15-28(22)38)39-30-19-25-23-11-4-8-16-31(23)40-32(25)20-33(30)41-36(26)39/h1-20H. The highest BCUT2D eigenvalue weighted by atomic mass is 16.5. The van der Waals surface area contributed by atoms with Crippen molar-refractivity contribution < 1.29 is 9.07 Å². The lowest BCUT2D eigenvalue weighted by Crippen LogP contribution is -2.50. The monoisotopic (exact) mass is 525 g/mol. The molecule has 0 radical (unpaired) electrons. The molecular formula is C35H20BN3O2. The molecule has 8 aromatic rings. The van der Waals surface area contributed by atoms with Crippen LogP contribution in [0.15, 0.2) is 126 Å². The van der Waals surface area contributed by atoms with E-state index in [0.29, 0.717) is 0 Å². The predicted molar refractivity (Wildman–Crippen MR) is 166 cm³/mol. The van der Waals surface area contributed by atoms with Crippen molar-refractivity contribution in [2.45, 2.75) is 0 Å². The van der Waals surface area contributed by atoms with Gasteiger partial charge in [-0.1, -0.05) is 78.9 Å². The van der Waals surface area contributed by atoms with E-state index >= 15 is 0 Å². The van der Waals surface area contributed by atoms with Crippen LogP contribution in [-0.2, 0) is 0 Å². The molecule has 5 aromatic carbocycles. The number of benzene rings is 5. The lowest BCUT2D eigenvalue weighted by molar-refractivity contribution is 0.599. The van der Waals surface area contributed by atoms with Gasteiger partial charge in [0.25, 0.3) is 0 Å². The molecule has 0 fully saturated rings. The maximum atomic E-state index is 6.65. The molecule has 0 N–H and O–H groups in total. The van der Waals surface area contributed by atoms with Gasteiger partial charge >= 0.3 is 7.05 Å². The van der Waals surface area contributed by atoms with E-state index in [9.17, 15) is 0 Å². The van der Waals surface area contributed by atoms with Gasteiger partial charge in [-0.25, -0.2) is 4.98 Å². The van der Waals surface area contributed by atoms with Crippen LogP contribution in [-0.4, -0.2) is 16.6 Å². The van der Waals surface area contributed by atoms with E-state index in [1.165, 1.54) is 10.8 Å². The number of furan rings is 1. The van der Waals surface area contributed by atoms with E-state index in [1.807, 2.05) is 18.2 Å². The van der Waals surface area contributed by atoms with Crippen LogP contribution in [0.4, 0.5) is 11.4 Å². The van der Waals surface area contributed by atoms with Gasteiger partial charge in [-0.3, -0.25) is 4.57 Å². The molecule has 0 spiro atoms. The molecule has 0 unspecified atom stereocenters. The van der Waals surface area contributed by atoms with Gasteiger partial charge in [-0.05, 0) is 41.9 Å². The molecule has 3 aromatic heterocycles. The second kappa shape index (κ2) is 7.58. The third-order valence-electron chi connectivity index (χ3n) is 8.60. The zero-order valence-corrected chi connectivity index (χ0v) is 21.8. The minimum Gasteiger partial charge on any atom is -0.536 e. The quantitative estimate of drug-likeness (QED) is 0.204. The number of hydrogen-bond donors (Lipinski definition) is 0. The summed E-state index contributed by atoms with van der Waals surface area (Å²) in [7, 11) is -0.271. The molecule has 190 valence electrons. The highest BCUT2D eigenvalue weighted by Gasteiger charge is 2.46. The van der Waals surface area contributed by atoms with Crippen molar-refractivity contribution in [3.63, 3.8) is 0 Å². The van der Waals surface area contributed by atoms with Gasteiger partial charge in [0.2, 0.25) is 0 Å². The molecule has 0 amide bonds. The average molecular weight is 525 g/mol. The topological polar surface area (TPSA) is 43.4 Å². The number of rotatable bonds is 1. The fraction of sp³-hybridized carbons (Fsp3) is 0. The molecule has 2 aliphatic heterocycles. The third kappa shape index (κ3) is 2.73. The van der Waals surface area contributed by atoms with Crippen LogP contribution in [0.1, 0.15) is 0 Å². The SMILES string of the molecule is c1ccc2c(c1)B1Oc3cc4oc5ccccc5c4cc3N1c1ccc(-n3c4ccccc4c4ccccc43)nc1-2. The van der Waals surface area contributed by atoms with Gasteiger partial charge in [-0.15, -0.1) is 0 Å². The van der Waals surface area contributed by atoms with Gasteiger partial charge in [-0.2, -0.15) is 0 Å². The first-order valence-corrected chi connectivity index (χ1v) is 13.8. The molecule has 0 atom stereocenters. The normalized spacial score (nSPS) is 13.5. The van der Waals surface area contributed by atoms with Gasteiger partial charge < -0.3 is 13.9 Å². The summed E-state index contributed by atoms with van der Waals surface area (Å²) in [6, 6.07) is 42.3. The average Bonchev–Trinajstić information content (AvgIpc) is 3.69. The van der Waals surface area contributed by atoms with Gasteiger partial charge in [0.15, 0.2) is 0 Å². The van der Waals surface area contributed by atoms with E-state index in [0.717, 1.165) is 72.6 Å². The molecule has 6 heteroatoms. The zero-order valence-electron chi connectivity index (χ0n) is 21.8. The van der Waals surface area contributed by atoms with Gasteiger partial charge in [0.05, 0.1) is 28.1 Å². The first-order chi connectivity index (χ1) is 20.3. The van der Waals surface area contributed by atoms with E-state index < -0.39 is 0 Å². The number of nitrogens with zero attached hydrogens (tertiary/aromatic N) is 3. The largest absolute Gasteiger partial charge is 0.536 e. The minimum atomic E-state index is -0.271. The van der Waals surface area contributed by atoms with Crippen molar-refractivity contribution in [3.8, 4) is 22.8 Å². The van der Waals surface area contributed by atoms with Crippen LogP contribution in [0.3, 0.4) is 0 Å². The summed E-state index contributed by atoms with van der Waals surface area (Å²) < 4.78 is 15.1. The third-order valence-corrected chi connectivity index (χ3v) is 8.60.